The van der Waals surface area contributed by atoms with E-state index < -0.39 is 10.5 Å². The molecule has 0 amide bonds. The van der Waals surface area contributed by atoms with E-state index in [4.69, 9.17) is 0 Å². The van der Waals surface area contributed by atoms with Gasteiger partial charge in [-0.05, 0) is 13.8 Å². The normalized spacial score (nSPS) is 11.1. The molecule has 0 saturated carbocycles. The number of rotatable bonds is 5. The zero-order valence-electron chi connectivity index (χ0n) is 9.89. The molecule has 0 aliphatic heterocycles. The standard InChI is InChI=1S/C9H15N5O3/c1-9(2,15)4-11-8-6(14(16)17)7(10-3)12-5-13-8/h5,15H,4H2,1-3H3,(H2,10,11,12,13). The summed E-state index contributed by atoms with van der Waals surface area (Å²) in [6.07, 6.45) is 1.21. The molecule has 0 unspecified atom stereocenters. The first-order chi connectivity index (χ1) is 7.85. The Morgan fingerprint density at radius 3 is 2.53 bits per heavy atom. The summed E-state index contributed by atoms with van der Waals surface area (Å²) in [6, 6.07) is 0. The van der Waals surface area contributed by atoms with Gasteiger partial charge in [-0.2, -0.15) is 0 Å². The number of nitro groups is 1. The van der Waals surface area contributed by atoms with Gasteiger partial charge in [0.25, 0.3) is 0 Å². The highest BCUT2D eigenvalue weighted by Crippen LogP contribution is 2.28. The van der Waals surface area contributed by atoms with E-state index in [9.17, 15) is 15.2 Å². The Morgan fingerprint density at radius 2 is 2.06 bits per heavy atom. The Bertz CT molecular complexity index is 416. The third-order valence-corrected chi connectivity index (χ3v) is 1.93. The van der Waals surface area contributed by atoms with Crippen molar-refractivity contribution in [2.75, 3.05) is 24.2 Å². The van der Waals surface area contributed by atoms with Crippen molar-refractivity contribution < 1.29 is 10.0 Å². The smallest absolute Gasteiger partial charge is 0.353 e. The molecule has 1 aromatic heterocycles. The molecular weight excluding hydrogens is 226 g/mol. The van der Waals surface area contributed by atoms with Crippen LogP contribution >= 0.6 is 0 Å². The molecule has 0 bridgehead atoms. The molecule has 0 aliphatic rings. The Kier molecular flexibility index (Phi) is 3.79. The second-order valence-corrected chi connectivity index (χ2v) is 4.09. The lowest BCUT2D eigenvalue weighted by atomic mass is 10.1. The first kappa shape index (κ1) is 13.1. The Morgan fingerprint density at radius 1 is 1.47 bits per heavy atom. The van der Waals surface area contributed by atoms with Gasteiger partial charge < -0.3 is 15.7 Å². The van der Waals surface area contributed by atoms with Gasteiger partial charge in [-0.15, -0.1) is 0 Å². The van der Waals surface area contributed by atoms with Crippen LogP contribution in [0, 0.1) is 10.1 Å². The third kappa shape index (κ3) is 3.52. The quantitative estimate of drug-likeness (QED) is 0.511. The molecule has 1 aromatic rings. The van der Waals surface area contributed by atoms with Crippen LogP contribution in [0.1, 0.15) is 13.8 Å². The number of aromatic nitrogens is 2. The van der Waals surface area contributed by atoms with Gasteiger partial charge in [0.2, 0.25) is 11.6 Å². The highest BCUT2D eigenvalue weighted by Gasteiger charge is 2.23. The largest absolute Gasteiger partial charge is 0.389 e. The summed E-state index contributed by atoms with van der Waals surface area (Å²) in [7, 11) is 1.54. The molecule has 0 aromatic carbocycles. The van der Waals surface area contributed by atoms with Gasteiger partial charge in [-0.3, -0.25) is 10.1 Å². The molecule has 0 spiro atoms. The SMILES string of the molecule is CNc1ncnc(NCC(C)(C)O)c1[N+](=O)[O-]. The molecule has 0 aliphatic carbocycles. The Balaban J connectivity index is 3.02. The molecule has 1 rings (SSSR count). The van der Waals surface area contributed by atoms with Crippen molar-refractivity contribution in [1.29, 1.82) is 0 Å². The summed E-state index contributed by atoms with van der Waals surface area (Å²) in [6.45, 7) is 3.33. The van der Waals surface area contributed by atoms with Crippen LogP contribution < -0.4 is 10.6 Å². The minimum atomic E-state index is -0.987. The van der Waals surface area contributed by atoms with Crippen molar-refractivity contribution in [3.8, 4) is 0 Å². The molecule has 0 radical (unpaired) electrons. The third-order valence-electron chi connectivity index (χ3n) is 1.93. The van der Waals surface area contributed by atoms with Gasteiger partial charge in [-0.25, -0.2) is 9.97 Å². The lowest BCUT2D eigenvalue weighted by molar-refractivity contribution is -0.383. The predicted molar refractivity (Wildman–Crippen MR) is 63.0 cm³/mol. The fraction of sp³-hybridized carbons (Fsp3) is 0.556. The zero-order valence-corrected chi connectivity index (χ0v) is 9.89. The van der Waals surface area contributed by atoms with E-state index in [0.717, 1.165) is 0 Å². The van der Waals surface area contributed by atoms with Gasteiger partial charge in [0.1, 0.15) is 6.33 Å². The molecule has 1 heterocycles. The monoisotopic (exact) mass is 241 g/mol. The first-order valence-corrected chi connectivity index (χ1v) is 4.98. The van der Waals surface area contributed by atoms with Gasteiger partial charge >= 0.3 is 5.69 Å². The molecule has 0 atom stereocenters. The summed E-state index contributed by atoms with van der Waals surface area (Å²) < 4.78 is 0. The minimum absolute atomic E-state index is 0.0801. The molecule has 17 heavy (non-hydrogen) atoms. The maximum absolute atomic E-state index is 10.9. The average molecular weight is 241 g/mol. The van der Waals surface area contributed by atoms with E-state index in [2.05, 4.69) is 20.6 Å². The summed E-state index contributed by atoms with van der Waals surface area (Å²) in [5, 5.41) is 25.8. The van der Waals surface area contributed by atoms with Crippen molar-refractivity contribution in [3.05, 3.63) is 16.4 Å². The lowest BCUT2D eigenvalue weighted by Crippen LogP contribution is -2.30. The van der Waals surface area contributed by atoms with E-state index in [-0.39, 0.29) is 23.9 Å². The summed E-state index contributed by atoms with van der Waals surface area (Å²) in [5.74, 6) is 0.208. The predicted octanol–water partition coefficient (Wildman–Crippen LogP) is 0.609. The maximum Gasteiger partial charge on any atom is 0.353 e. The van der Waals surface area contributed by atoms with E-state index in [1.54, 1.807) is 13.8 Å². The van der Waals surface area contributed by atoms with E-state index >= 15 is 0 Å². The van der Waals surface area contributed by atoms with Crippen molar-refractivity contribution in [3.63, 3.8) is 0 Å². The van der Waals surface area contributed by atoms with Crippen molar-refractivity contribution in [2.24, 2.45) is 0 Å². The number of aliphatic hydroxyl groups is 1. The van der Waals surface area contributed by atoms with Gasteiger partial charge in [0.05, 0.1) is 10.5 Å². The van der Waals surface area contributed by atoms with E-state index in [0.29, 0.717) is 0 Å². The molecule has 0 saturated heterocycles. The average Bonchev–Trinajstić information content (AvgIpc) is 2.24. The van der Waals surface area contributed by atoms with Crippen molar-refractivity contribution in [2.45, 2.75) is 19.4 Å². The fourth-order valence-corrected chi connectivity index (χ4v) is 1.16. The molecule has 94 valence electrons. The molecule has 8 nitrogen and oxygen atoms in total. The van der Waals surface area contributed by atoms with Crippen LogP contribution in [-0.2, 0) is 0 Å². The van der Waals surface area contributed by atoms with Crippen molar-refractivity contribution >= 4 is 17.3 Å². The van der Waals surface area contributed by atoms with Crippen LogP contribution in [0.2, 0.25) is 0 Å². The van der Waals surface area contributed by atoms with Crippen LogP contribution in [0.3, 0.4) is 0 Å². The van der Waals surface area contributed by atoms with Gasteiger partial charge in [0.15, 0.2) is 0 Å². The summed E-state index contributed by atoms with van der Waals surface area (Å²) in [4.78, 5) is 17.9. The van der Waals surface area contributed by atoms with Crippen LogP contribution in [0.25, 0.3) is 0 Å². The fourth-order valence-electron chi connectivity index (χ4n) is 1.16. The van der Waals surface area contributed by atoms with Gasteiger partial charge in [0, 0.05) is 13.6 Å². The highest BCUT2D eigenvalue weighted by molar-refractivity contribution is 5.69. The topological polar surface area (TPSA) is 113 Å². The Labute approximate surface area is 98.2 Å². The van der Waals surface area contributed by atoms with Gasteiger partial charge in [-0.1, -0.05) is 0 Å². The number of nitrogens with one attached hydrogen (secondary N) is 2. The molecular formula is C9H15N5O3. The van der Waals surface area contributed by atoms with Crippen LogP contribution in [0.4, 0.5) is 17.3 Å². The first-order valence-electron chi connectivity index (χ1n) is 4.98. The number of hydrogen-bond donors (Lipinski definition) is 3. The number of anilines is 2. The molecule has 0 fully saturated rings. The lowest BCUT2D eigenvalue weighted by Gasteiger charge is -2.18. The van der Waals surface area contributed by atoms with Crippen LogP contribution in [-0.4, -0.2) is 39.2 Å². The van der Waals surface area contributed by atoms with Crippen molar-refractivity contribution in [1.82, 2.24) is 9.97 Å². The summed E-state index contributed by atoms with van der Waals surface area (Å²) >= 11 is 0. The highest BCUT2D eigenvalue weighted by atomic mass is 16.6. The Hall–Kier alpha value is -1.96. The van der Waals surface area contributed by atoms with Crippen LogP contribution in [0.15, 0.2) is 6.33 Å². The second kappa shape index (κ2) is 4.91. The summed E-state index contributed by atoms with van der Waals surface area (Å²) in [5.41, 5.74) is -1.22. The van der Waals surface area contributed by atoms with E-state index in [1.165, 1.54) is 13.4 Å². The number of nitrogens with zero attached hydrogens (tertiary/aromatic N) is 3. The zero-order chi connectivity index (χ0) is 13.1. The maximum atomic E-state index is 10.9. The van der Waals surface area contributed by atoms with Crippen LogP contribution in [0.5, 0.6) is 0 Å². The minimum Gasteiger partial charge on any atom is -0.389 e. The van der Waals surface area contributed by atoms with E-state index in [1.807, 2.05) is 0 Å². The second-order valence-electron chi connectivity index (χ2n) is 4.09. The molecule has 8 heteroatoms. The molecule has 3 N–H and O–H groups in total. The number of hydrogen-bond acceptors (Lipinski definition) is 7.